The van der Waals surface area contributed by atoms with Crippen LogP contribution in [0.25, 0.3) is 99.5 Å². The molecule has 0 N–H and O–H groups in total. The van der Waals surface area contributed by atoms with Gasteiger partial charge >= 0.3 is 0 Å². The van der Waals surface area contributed by atoms with Crippen LogP contribution in [0.15, 0.2) is 188 Å². The van der Waals surface area contributed by atoms with Crippen molar-refractivity contribution in [3.8, 4) is 56.2 Å². The van der Waals surface area contributed by atoms with E-state index in [0.29, 0.717) is 5.82 Å². The molecule has 0 atom stereocenters. The Labute approximate surface area is 301 Å². The third kappa shape index (κ3) is 5.19. The first-order valence-corrected chi connectivity index (χ1v) is 17.6. The van der Waals surface area contributed by atoms with Crippen LogP contribution in [0, 0.1) is 0 Å². The van der Waals surface area contributed by atoms with Gasteiger partial charge in [-0.25, -0.2) is 15.0 Å². The van der Waals surface area contributed by atoms with E-state index in [2.05, 4.69) is 176 Å². The Morgan fingerprint density at radius 1 is 0.269 bits per heavy atom. The van der Waals surface area contributed by atoms with Gasteiger partial charge < -0.3 is 0 Å². The van der Waals surface area contributed by atoms with Crippen LogP contribution >= 0.6 is 0 Å². The largest absolute Gasteiger partial charge is 0.247 e. The van der Waals surface area contributed by atoms with Gasteiger partial charge in [-0.15, -0.1) is 0 Å². The lowest BCUT2D eigenvalue weighted by Crippen LogP contribution is -1.95. The molecule has 0 radical (unpaired) electrons. The van der Waals surface area contributed by atoms with Crippen molar-refractivity contribution in [2.24, 2.45) is 0 Å². The maximum Gasteiger partial charge on any atom is 0.160 e. The average Bonchev–Trinajstić information content (AvgIpc) is 3.23. The van der Waals surface area contributed by atoms with Gasteiger partial charge in [0.2, 0.25) is 0 Å². The highest BCUT2D eigenvalue weighted by molar-refractivity contribution is 6.22. The SMILES string of the molecule is c1ccc(-c2ccc(-c3nc(-c4ccc(-c5cccc(-c6nc7ccccc7c7c6ccc6ccccc67)c5)cc4)c4ccccc4n3)cc2)cc1. The van der Waals surface area contributed by atoms with Gasteiger partial charge in [0.25, 0.3) is 0 Å². The summed E-state index contributed by atoms with van der Waals surface area (Å²) in [6.45, 7) is 0. The zero-order valence-electron chi connectivity index (χ0n) is 28.2. The van der Waals surface area contributed by atoms with Gasteiger partial charge in [-0.3, -0.25) is 0 Å². The molecule has 2 aromatic heterocycles. The van der Waals surface area contributed by atoms with Crippen molar-refractivity contribution in [1.82, 2.24) is 15.0 Å². The highest BCUT2D eigenvalue weighted by atomic mass is 14.9. The van der Waals surface area contributed by atoms with Crippen molar-refractivity contribution in [1.29, 1.82) is 0 Å². The van der Waals surface area contributed by atoms with Crippen molar-refractivity contribution in [3.63, 3.8) is 0 Å². The highest BCUT2D eigenvalue weighted by Crippen LogP contribution is 2.38. The summed E-state index contributed by atoms with van der Waals surface area (Å²) < 4.78 is 0. The molecule has 0 aliphatic heterocycles. The van der Waals surface area contributed by atoms with Crippen LogP contribution in [0.3, 0.4) is 0 Å². The molecule has 10 aromatic rings. The van der Waals surface area contributed by atoms with E-state index < -0.39 is 0 Å². The normalized spacial score (nSPS) is 11.5. The molecule has 0 saturated heterocycles. The van der Waals surface area contributed by atoms with E-state index in [9.17, 15) is 0 Å². The van der Waals surface area contributed by atoms with E-state index in [0.717, 1.165) is 61.0 Å². The van der Waals surface area contributed by atoms with Crippen LogP contribution in [-0.2, 0) is 0 Å². The lowest BCUT2D eigenvalue weighted by Gasteiger charge is -2.14. The Kier molecular flexibility index (Phi) is 7.14. The van der Waals surface area contributed by atoms with Crippen LogP contribution in [0.2, 0.25) is 0 Å². The van der Waals surface area contributed by atoms with E-state index in [1.165, 1.54) is 32.7 Å². The van der Waals surface area contributed by atoms with Crippen LogP contribution in [0.4, 0.5) is 0 Å². The summed E-state index contributed by atoms with van der Waals surface area (Å²) in [6, 6.07) is 66.2. The standard InChI is InChI=1S/C49H31N3/c1-2-11-32(12-3-1)33-23-27-37(28-24-33)49-51-45-20-9-7-18-42(45)47(52-49)36-25-21-34(22-26-36)38-14-10-15-39(31-38)48-43-30-29-35-13-4-5-16-40(35)46(43)41-17-6-8-19-44(41)50-48/h1-31H. The second kappa shape index (κ2) is 12.4. The van der Waals surface area contributed by atoms with Crippen molar-refractivity contribution in [2.75, 3.05) is 0 Å². The summed E-state index contributed by atoms with van der Waals surface area (Å²) in [5.41, 5.74) is 11.6. The van der Waals surface area contributed by atoms with Gasteiger partial charge in [0.15, 0.2) is 5.82 Å². The monoisotopic (exact) mass is 661 g/mol. The van der Waals surface area contributed by atoms with Crippen LogP contribution in [0.5, 0.6) is 0 Å². The molecular weight excluding hydrogens is 631 g/mol. The smallest absolute Gasteiger partial charge is 0.160 e. The Morgan fingerprint density at radius 3 is 1.60 bits per heavy atom. The number of para-hydroxylation sites is 2. The second-order valence-electron chi connectivity index (χ2n) is 13.2. The van der Waals surface area contributed by atoms with E-state index in [1.54, 1.807) is 0 Å². The number of hydrogen-bond acceptors (Lipinski definition) is 3. The predicted octanol–water partition coefficient (Wildman–Crippen LogP) is 12.8. The number of pyridine rings is 1. The summed E-state index contributed by atoms with van der Waals surface area (Å²) in [7, 11) is 0. The van der Waals surface area contributed by atoms with Gasteiger partial charge in [-0.1, -0.05) is 170 Å². The van der Waals surface area contributed by atoms with Gasteiger partial charge in [0, 0.05) is 38.2 Å². The van der Waals surface area contributed by atoms with Crippen molar-refractivity contribution in [3.05, 3.63) is 188 Å². The van der Waals surface area contributed by atoms with Crippen LogP contribution < -0.4 is 0 Å². The molecule has 242 valence electrons. The molecule has 0 unspecified atom stereocenters. The van der Waals surface area contributed by atoms with Gasteiger partial charge in [0.05, 0.1) is 22.4 Å². The summed E-state index contributed by atoms with van der Waals surface area (Å²) in [6.07, 6.45) is 0. The van der Waals surface area contributed by atoms with Crippen LogP contribution in [-0.4, -0.2) is 15.0 Å². The molecule has 2 heterocycles. The number of aromatic nitrogens is 3. The first-order chi connectivity index (χ1) is 25.8. The van der Waals surface area contributed by atoms with E-state index in [4.69, 9.17) is 15.0 Å². The lowest BCUT2D eigenvalue weighted by atomic mass is 9.94. The second-order valence-corrected chi connectivity index (χ2v) is 13.2. The minimum atomic E-state index is 0.716. The maximum atomic E-state index is 5.24. The van der Waals surface area contributed by atoms with Crippen molar-refractivity contribution < 1.29 is 0 Å². The quantitative estimate of drug-likeness (QED) is 0.172. The number of hydrogen-bond donors (Lipinski definition) is 0. The Bertz CT molecular complexity index is 2920. The molecule has 0 aliphatic carbocycles. The third-order valence-electron chi connectivity index (χ3n) is 10.1. The number of fused-ring (bicyclic) bond motifs is 6. The maximum absolute atomic E-state index is 5.24. The molecule has 0 fully saturated rings. The molecule has 10 rings (SSSR count). The molecule has 52 heavy (non-hydrogen) atoms. The molecule has 0 amide bonds. The molecule has 0 bridgehead atoms. The van der Waals surface area contributed by atoms with Crippen molar-refractivity contribution in [2.45, 2.75) is 0 Å². The Morgan fingerprint density at radius 2 is 0.808 bits per heavy atom. The minimum Gasteiger partial charge on any atom is -0.247 e. The molecule has 3 nitrogen and oxygen atoms in total. The highest BCUT2D eigenvalue weighted by Gasteiger charge is 2.15. The summed E-state index contributed by atoms with van der Waals surface area (Å²) >= 11 is 0. The van der Waals surface area contributed by atoms with E-state index >= 15 is 0 Å². The van der Waals surface area contributed by atoms with Crippen LogP contribution in [0.1, 0.15) is 0 Å². The topological polar surface area (TPSA) is 38.7 Å². The lowest BCUT2D eigenvalue weighted by molar-refractivity contribution is 1.23. The van der Waals surface area contributed by atoms with Crippen molar-refractivity contribution >= 4 is 43.4 Å². The fraction of sp³-hybridized carbons (Fsp3) is 0. The number of rotatable bonds is 5. The Hall–Kier alpha value is -6.97. The third-order valence-corrected chi connectivity index (χ3v) is 10.1. The molecule has 8 aromatic carbocycles. The fourth-order valence-corrected chi connectivity index (χ4v) is 7.48. The average molecular weight is 662 g/mol. The van der Waals surface area contributed by atoms with Gasteiger partial charge in [-0.2, -0.15) is 0 Å². The molecular formula is C49H31N3. The molecule has 0 aliphatic rings. The predicted molar refractivity (Wildman–Crippen MR) is 217 cm³/mol. The summed E-state index contributed by atoms with van der Waals surface area (Å²) in [5.74, 6) is 0.716. The van der Waals surface area contributed by atoms with Gasteiger partial charge in [0.1, 0.15) is 0 Å². The molecule has 3 heteroatoms. The van der Waals surface area contributed by atoms with Gasteiger partial charge in [-0.05, 0) is 51.2 Å². The minimum absolute atomic E-state index is 0.716. The summed E-state index contributed by atoms with van der Waals surface area (Å²) in [4.78, 5) is 15.4. The first-order valence-electron chi connectivity index (χ1n) is 17.6. The first kappa shape index (κ1) is 29.9. The number of benzene rings is 8. The Balaban J connectivity index is 1.04. The van der Waals surface area contributed by atoms with E-state index in [-0.39, 0.29) is 0 Å². The zero-order chi connectivity index (χ0) is 34.4. The molecule has 0 saturated carbocycles. The molecule has 0 spiro atoms. The number of nitrogens with zero attached hydrogens (tertiary/aromatic N) is 3. The summed E-state index contributed by atoms with van der Waals surface area (Å²) in [5, 5.41) is 7.09. The fourth-order valence-electron chi connectivity index (χ4n) is 7.48. The zero-order valence-corrected chi connectivity index (χ0v) is 28.2. The van der Waals surface area contributed by atoms with E-state index in [1.807, 2.05) is 12.1 Å².